The molecule has 0 radical (unpaired) electrons. The molecule has 3 aromatic rings. The van der Waals surface area contributed by atoms with E-state index in [4.69, 9.17) is 21.1 Å². The molecule has 7 heteroatoms. The third-order valence-electron chi connectivity index (χ3n) is 5.16. The number of carbonyl (C=O) groups excluding carboxylic acids is 2. The summed E-state index contributed by atoms with van der Waals surface area (Å²) in [5.41, 5.74) is 0.281. The highest BCUT2D eigenvalue weighted by molar-refractivity contribution is 6.30. The molecule has 0 saturated heterocycles. The monoisotopic (exact) mass is 466 g/mol. The van der Waals surface area contributed by atoms with Crippen LogP contribution in [0.2, 0.25) is 0 Å². The maximum Gasteiger partial charge on any atom is 0.246 e. The van der Waals surface area contributed by atoms with Gasteiger partial charge in [0.25, 0.3) is 0 Å². The number of ether oxygens (including phenoxy) is 2. The molecular weight excluding hydrogens is 440 g/mol. The molecular formula is C26H27ClN2O4. The number of anilines is 1. The Morgan fingerprint density at radius 1 is 0.879 bits per heavy atom. The third kappa shape index (κ3) is 6.05. The van der Waals surface area contributed by atoms with Gasteiger partial charge < -0.3 is 14.8 Å². The van der Waals surface area contributed by atoms with E-state index in [0.717, 1.165) is 11.3 Å². The molecule has 0 aliphatic carbocycles. The lowest BCUT2D eigenvalue weighted by Crippen LogP contribution is -2.57. The summed E-state index contributed by atoms with van der Waals surface area (Å²) in [4.78, 5) is 27.3. The Kier molecular flexibility index (Phi) is 7.96. The first-order valence-corrected chi connectivity index (χ1v) is 11.0. The van der Waals surface area contributed by atoms with Crippen molar-refractivity contribution >= 4 is 29.1 Å². The number of nitrogens with zero attached hydrogens (tertiary/aromatic N) is 1. The second kappa shape index (κ2) is 10.9. The van der Waals surface area contributed by atoms with Crippen molar-refractivity contribution in [2.75, 3.05) is 17.9 Å². The molecule has 0 aliphatic rings. The summed E-state index contributed by atoms with van der Waals surface area (Å²) < 4.78 is 11.0. The number of hydrogen-bond donors (Lipinski definition) is 1. The number of benzene rings is 3. The SMILES string of the molecule is COc1ccc(CNC(=O)C(C)(C)N(C(=O)CCl)c2ccc(Oc3ccccc3)cc2)cc1. The van der Waals surface area contributed by atoms with Gasteiger partial charge in [0.2, 0.25) is 11.8 Å². The van der Waals surface area contributed by atoms with Crippen LogP contribution < -0.4 is 19.7 Å². The van der Waals surface area contributed by atoms with Crippen LogP contribution in [-0.4, -0.2) is 30.3 Å². The Morgan fingerprint density at radius 2 is 1.45 bits per heavy atom. The van der Waals surface area contributed by atoms with E-state index in [-0.39, 0.29) is 17.7 Å². The van der Waals surface area contributed by atoms with Crippen LogP contribution in [0.5, 0.6) is 17.2 Å². The second-order valence-electron chi connectivity index (χ2n) is 7.86. The van der Waals surface area contributed by atoms with E-state index in [1.807, 2.05) is 54.6 Å². The molecule has 3 aromatic carbocycles. The average molecular weight is 467 g/mol. The summed E-state index contributed by atoms with van der Waals surface area (Å²) in [5.74, 6) is 1.13. The lowest BCUT2D eigenvalue weighted by atomic mass is 9.99. The molecule has 0 aromatic heterocycles. The molecule has 1 N–H and O–H groups in total. The van der Waals surface area contributed by atoms with E-state index >= 15 is 0 Å². The standard InChI is InChI=1S/C26H27ClN2O4/c1-26(2,25(31)28-18-19-9-13-21(32-3)14-10-19)29(24(30)17-27)20-11-15-23(16-12-20)33-22-7-5-4-6-8-22/h4-16H,17-18H2,1-3H3,(H,28,31). The van der Waals surface area contributed by atoms with Crippen molar-refractivity contribution in [3.05, 3.63) is 84.4 Å². The highest BCUT2D eigenvalue weighted by atomic mass is 35.5. The van der Waals surface area contributed by atoms with Gasteiger partial charge in [-0.15, -0.1) is 11.6 Å². The van der Waals surface area contributed by atoms with E-state index in [9.17, 15) is 9.59 Å². The van der Waals surface area contributed by atoms with E-state index in [0.29, 0.717) is 23.7 Å². The van der Waals surface area contributed by atoms with Crippen LogP contribution in [0.4, 0.5) is 5.69 Å². The maximum atomic E-state index is 13.1. The minimum atomic E-state index is -1.18. The van der Waals surface area contributed by atoms with Crippen molar-refractivity contribution < 1.29 is 19.1 Å². The molecule has 6 nitrogen and oxygen atoms in total. The quantitative estimate of drug-likeness (QED) is 0.442. The maximum absolute atomic E-state index is 13.1. The lowest BCUT2D eigenvalue weighted by Gasteiger charge is -2.37. The molecule has 33 heavy (non-hydrogen) atoms. The number of rotatable bonds is 9. The molecule has 0 heterocycles. The van der Waals surface area contributed by atoms with Crippen molar-refractivity contribution in [3.8, 4) is 17.2 Å². The van der Waals surface area contributed by atoms with Gasteiger partial charge in [0.15, 0.2) is 0 Å². The fourth-order valence-electron chi connectivity index (χ4n) is 3.37. The predicted octanol–water partition coefficient (Wildman–Crippen LogP) is 5.15. The Hall–Kier alpha value is -3.51. The lowest BCUT2D eigenvalue weighted by molar-refractivity contribution is -0.128. The van der Waals surface area contributed by atoms with E-state index in [1.54, 1.807) is 45.2 Å². The number of para-hydroxylation sites is 1. The van der Waals surface area contributed by atoms with Crippen molar-refractivity contribution in [2.24, 2.45) is 0 Å². The van der Waals surface area contributed by atoms with Gasteiger partial charge in [0.05, 0.1) is 7.11 Å². The first-order chi connectivity index (χ1) is 15.8. The van der Waals surface area contributed by atoms with Gasteiger partial charge in [0.1, 0.15) is 28.7 Å². The van der Waals surface area contributed by atoms with Gasteiger partial charge in [-0.2, -0.15) is 0 Å². The minimum absolute atomic E-state index is 0.253. The van der Waals surface area contributed by atoms with Gasteiger partial charge in [-0.25, -0.2) is 0 Å². The molecule has 172 valence electrons. The molecule has 0 aliphatic heterocycles. The third-order valence-corrected chi connectivity index (χ3v) is 5.39. The van der Waals surface area contributed by atoms with Crippen LogP contribution in [0.1, 0.15) is 19.4 Å². The van der Waals surface area contributed by atoms with Crippen LogP contribution >= 0.6 is 11.6 Å². The van der Waals surface area contributed by atoms with Crippen molar-refractivity contribution in [1.29, 1.82) is 0 Å². The molecule has 0 atom stereocenters. The average Bonchev–Trinajstić information content (AvgIpc) is 2.84. The number of alkyl halides is 1. The first-order valence-electron chi connectivity index (χ1n) is 10.5. The largest absolute Gasteiger partial charge is 0.497 e. The number of amides is 2. The summed E-state index contributed by atoms with van der Waals surface area (Å²) in [6, 6.07) is 23.8. The van der Waals surface area contributed by atoms with Crippen LogP contribution in [0.25, 0.3) is 0 Å². The van der Waals surface area contributed by atoms with Crippen LogP contribution in [0.3, 0.4) is 0 Å². The molecule has 0 unspecified atom stereocenters. The van der Waals surface area contributed by atoms with E-state index in [2.05, 4.69) is 5.32 Å². The summed E-state index contributed by atoms with van der Waals surface area (Å²) in [6.07, 6.45) is 0. The minimum Gasteiger partial charge on any atom is -0.497 e. The van der Waals surface area contributed by atoms with Crippen molar-refractivity contribution in [2.45, 2.75) is 25.9 Å². The smallest absolute Gasteiger partial charge is 0.246 e. The zero-order valence-electron chi connectivity index (χ0n) is 18.9. The number of halogens is 1. The molecule has 0 fully saturated rings. The second-order valence-corrected chi connectivity index (χ2v) is 8.13. The van der Waals surface area contributed by atoms with Crippen LogP contribution in [0, 0.1) is 0 Å². The fraction of sp³-hybridized carbons (Fsp3) is 0.231. The Morgan fingerprint density at radius 3 is 2.03 bits per heavy atom. The Labute approximate surface area is 199 Å². The van der Waals surface area contributed by atoms with Gasteiger partial charge in [-0.3, -0.25) is 14.5 Å². The van der Waals surface area contributed by atoms with Crippen molar-refractivity contribution in [3.63, 3.8) is 0 Å². The van der Waals surface area contributed by atoms with E-state index in [1.165, 1.54) is 4.90 Å². The topological polar surface area (TPSA) is 67.9 Å². The fourth-order valence-corrected chi connectivity index (χ4v) is 3.49. The number of carbonyl (C=O) groups is 2. The summed E-state index contributed by atoms with van der Waals surface area (Å²) in [6.45, 7) is 3.70. The molecule has 0 bridgehead atoms. The molecule has 3 rings (SSSR count). The zero-order valence-corrected chi connectivity index (χ0v) is 19.6. The molecule has 0 spiro atoms. The summed E-state index contributed by atoms with van der Waals surface area (Å²) in [7, 11) is 1.60. The number of methoxy groups -OCH3 is 1. The van der Waals surface area contributed by atoms with E-state index < -0.39 is 5.54 Å². The zero-order chi connectivity index (χ0) is 23.8. The van der Waals surface area contributed by atoms with Gasteiger partial charge in [0, 0.05) is 12.2 Å². The Balaban J connectivity index is 1.75. The summed E-state index contributed by atoms with van der Waals surface area (Å²) in [5, 5.41) is 2.91. The highest BCUT2D eigenvalue weighted by Gasteiger charge is 2.38. The normalized spacial score (nSPS) is 10.9. The molecule has 0 saturated carbocycles. The van der Waals surface area contributed by atoms with Gasteiger partial charge in [-0.05, 0) is 67.9 Å². The number of hydrogen-bond acceptors (Lipinski definition) is 4. The number of nitrogens with one attached hydrogen (secondary N) is 1. The predicted molar refractivity (Wildman–Crippen MR) is 130 cm³/mol. The van der Waals surface area contributed by atoms with Gasteiger partial charge in [-0.1, -0.05) is 30.3 Å². The van der Waals surface area contributed by atoms with Gasteiger partial charge >= 0.3 is 0 Å². The van der Waals surface area contributed by atoms with Crippen molar-refractivity contribution in [1.82, 2.24) is 5.32 Å². The van der Waals surface area contributed by atoms with Crippen LogP contribution in [-0.2, 0) is 16.1 Å². The molecule has 2 amide bonds. The summed E-state index contributed by atoms with van der Waals surface area (Å²) >= 11 is 5.89. The van der Waals surface area contributed by atoms with Crippen LogP contribution in [0.15, 0.2) is 78.9 Å². The first kappa shape index (κ1) is 24.1. The Bertz CT molecular complexity index is 1070. The highest BCUT2D eigenvalue weighted by Crippen LogP contribution is 2.29.